The topological polar surface area (TPSA) is 46.4 Å². The van der Waals surface area contributed by atoms with Crippen LogP contribution < -0.4 is 5.32 Å². The van der Waals surface area contributed by atoms with Gasteiger partial charge in [-0.1, -0.05) is 30.7 Å². The Bertz CT molecular complexity index is 858. The molecule has 0 radical (unpaired) electrons. The van der Waals surface area contributed by atoms with Gasteiger partial charge in [-0.25, -0.2) is 8.91 Å². The van der Waals surface area contributed by atoms with Gasteiger partial charge in [-0.3, -0.25) is 4.79 Å². The van der Waals surface area contributed by atoms with Gasteiger partial charge in [0.15, 0.2) is 0 Å². The van der Waals surface area contributed by atoms with Crippen molar-refractivity contribution in [3.05, 3.63) is 70.3 Å². The third kappa shape index (κ3) is 3.19. The Balaban J connectivity index is 1.87. The molecule has 3 aromatic rings. The molecule has 2 aromatic heterocycles. The molecule has 4 nitrogen and oxygen atoms in total. The van der Waals surface area contributed by atoms with Gasteiger partial charge in [0.1, 0.15) is 5.82 Å². The second-order valence-corrected chi connectivity index (χ2v) is 5.60. The van der Waals surface area contributed by atoms with Crippen molar-refractivity contribution in [3.8, 4) is 0 Å². The summed E-state index contributed by atoms with van der Waals surface area (Å²) in [7, 11) is 0. The molecule has 0 saturated heterocycles. The lowest BCUT2D eigenvalue weighted by Gasteiger charge is -2.06. The first-order valence-electron chi connectivity index (χ1n) is 7.28. The summed E-state index contributed by atoms with van der Waals surface area (Å²) in [5.74, 6) is -0.519. The number of hydrogen-bond acceptors (Lipinski definition) is 2. The zero-order valence-corrected chi connectivity index (χ0v) is 13.3. The van der Waals surface area contributed by atoms with Crippen LogP contribution in [0.15, 0.2) is 42.6 Å². The number of amides is 1. The van der Waals surface area contributed by atoms with Crippen molar-refractivity contribution < 1.29 is 9.18 Å². The summed E-state index contributed by atoms with van der Waals surface area (Å²) in [6.07, 6.45) is 2.37. The number of benzene rings is 1. The van der Waals surface area contributed by atoms with E-state index in [1.807, 2.05) is 6.92 Å². The summed E-state index contributed by atoms with van der Waals surface area (Å²) >= 11 is 6.03. The van der Waals surface area contributed by atoms with Crippen molar-refractivity contribution in [2.24, 2.45) is 0 Å². The second kappa shape index (κ2) is 6.38. The summed E-state index contributed by atoms with van der Waals surface area (Å²) in [4.78, 5) is 12.6. The average molecular weight is 332 g/mol. The van der Waals surface area contributed by atoms with Crippen molar-refractivity contribution in [1.29, 1.82) is 0 Å². The SMILES string of the molecule is CCc1nn2ccc(Cl)cc2c1C(=O)NCc1ccc(F)cc1. The number of carbonyl (C=O) groups excluding carboxylic acids is 1. The fraction of sp³-hybridized carbons (Fsp3) is 0.176. The number of aryl methyl sites for hydroxylation is 1. The van der Waals surface area contributed by atoms with Crippen LogP contribution in [-0.4, -0.2) is 15.5 Å². The normalized spacial score (nSPS) is 10.9. The molecule has 0 aliphatic carbocycles. The van der Waals surface area contributed by atoms with E-state index >= 15 is 0 Å². The van der Waals surface area contributed by atoms with Gasteiger partial charge < -0.3 is 5.32 Å². The van der Waals surface area contributed by atoms with Gasteiger partial charge in [-0.2, -0.15) is 5.10 Å². The highest BCUT2D eigenvalue weighted by Gasteiger charge is 2.18. The van der Waals surface area contributed by atoms with E-state index in [9.17, 15) is 9.18 Å². The molecule has 0 atom stereocenters. The van der Waals surface area contributed by atoms with Gasteiger partial charge in [0, 0.05) is 17.8 Å². The monoisotopic (exact) mass is 331 g/mol. The molecule has 0 unspecified atom stereocenters. The van der Waals surface area contributed by atoms with E-state index in [0.717, 1.165) is 5.56 Å². The predicted octanol–water partition coefficient (Wildman–Crippen LogP) is 3.62. The van der Waals surface area contributed by atoms with E-state index in [0.29, 0.717) is 34.8 Å². The number of rotatable bonds is 4. The highest BCUT2D eigenvalue weighted by molar-refractivity contribution is 6.31. The van der Waals surface area contributed by atoms with Crippen molar-refractivity contribution in [1.82, 2.24) is 14.9 Å². The van der Waals surface area contributed by atoms with Gasteiger partial charge >= 0.3 is 0 Å². The van der Waals surface area contributed by atoms with Crippen molar-refractivity contribution in [2.45, 2.75) is 19.9 Å². The number of fused-ring (bicyclic) bond motifs is 1. The molecule has 118 valence electrons. The lowest BCUT2D eigenvalue weighted by atomic mass is 10.1. The lowest BCUT2D eigenvalue weighted by molar-refractivity contribution is 0.0951. The highest BCUT2D eigenvalue weighted by atomic mass is 35.5. The summed E-state index contributed by atoms with van der Waals surface area (Å²) in [6.45, 7) is 2.26. The molecule has 0 saturated carbocycles. The first kappa shape index (κ1) is 15.5. The van der Waals surface area contributed by atoms with Crippen LogP contribution in [0.5, 0.6) is 0 Å². The standard InChI is InChI=1S/C17H15ClFN3O/c1-2-14-16(15-9-12(18)7-8-22(15)21-14)17(23)20-10-11-3-5-13(19)6-4-11/h3-9H,2,10H2,1H3,(H,20,23). The van der Waals surface area contributed by atoms with Crippen molar-refractivity contribution >= 4 is 23.0 Å². The molecule has 0 fully saturated rings. The quantitative estimate of drug-likeness (QED) is 0.793. The molecule has 1 aromatic carbocycles. The Kier molecular flexibility index (Phi) is 4.30. The molecule has 1 N–H and O–H groups in total. The lowest BCUT2D eigenvalue weighted by Crippen LogP contribution is -2.23. The van der Waals surface area contributed by atoms with Crippen LogP contribution in [0, 0.1) is 5.82 Å². The third-order valence-electron chi connectivity index (χ3n) is 3.60. The average Bonchev–Trinajstić information content (AvgIpc) is 2.91. The molecule has 0 spiro atoms. The first-order valence-corrected chi connectivity index (χ1v) is 7.65. The van der Waals surface area contributed by atoms with E-state index in [-0.39, 0.29) is 11.7 Å². The molecule has 0 aliphatic heterocycles. The molecular formula is C17H15ClFN3O. The number of halogens is 2. The minimum Gasteiger partial charge on any atom is -0.348 e. The minimum absolute atomic E-state index is 0.219. The molecule has 2 heterocycles. The molecule has 0 aliphatic rings. The molecular weight excluding hydrogens is 317 g/mol. The Morgan fingerprint density at radius 1 is 1.30 bits per heavy atom. The maximum absolute atomic E-state index is 12.9. The van der Waals surface area contributed by atoms with E-state index in [4.69, 9.17) is 11.6 Å². The number of carbonyl (C=O) groups is 1. The molecule has 23 heavy (non-hydrogen) atoms. The van der Waals surface area contributed by atoms with Gasteiger partial charge in [-0.05, 0) is 36.2 Å². The number of nitrogens with one attached hydrogen (secondary N) is 1. The van der Waals surface area contributed by atoms with Gasteiger partial charge in [0.05, 0.1) is 16.8 Å². The van der Waals surface area contributed by atoms with E-state index in [2.05, 4.69) is 10.4 Å². The molecule has 0 bridgehead atoms. The van der Waals surface area contributed by atoms with Crippen LogP contribution in [0.4, 0.5) is 4.39 Å². The number of hydrogen-bond donors (Lipinski definition) is 1. The van der Waals surface area contributed by atoms with E-state index in [1.165, 1.54) is 12.1 Å². The van der Waals surface area contributed by atoms with Gasteiger partial charge in [-0.15, -0.1) is 0 Å². The Hall–Kier alpha value is -2.40. The fourth-order valence-electron chi connectivity index (χ4n) is 2.44. The highest BCUT2D eigenvalue weighted by Crippen LogP contribution is 2.20. The summed E-state index contributed by atoms with van der Waals surface area (Å²) in [5, 5.41) is 7.81. The summed E-state index contributed by atoms with van der Waals surface area (Å²) in [6, 6.07) is 9.47. The van der Waals surface area contributed by atoms with Gasteiger partial charge in [0.25, 0.3) is 5.91 Å². The molecule has 3 rings (SSSR count). The number of pyridine rings is 1. The largest absolute Gasteiger partial charge is 0.348 e. The maximum Gasteiger partial charge on any atom is 0.255 e. The fourth-order valence-corrected chi connectivity index (χ4v) is 2.60. The van der Waals surface area contributed by atoms with Crippen molar-refractivity contribution in [3.63, 3.8) is 0 Å². The zero-order valence-electron chi connectivity index (χ0n) is 12.5. The third-order valence-corrected chi connectivity index (χ3v) is 3.83. The van der Waals surface area contributed by atoms with Crippen LogP contribution in [0.1, 0.15) is 28.5 Å². The Labute approximate surface area is 137 Å². The van der Waals surface area contributed by atoms with Crippen LogP contribution in [0.25, 0.3) is 5.52 Å². The van der Waals surface area contributed by atoms with Crippen LogP contribution >= 0.6 is 11.6 Å². The predicted molar refractivity (Wildman–Crippen MR) is 87.2 cm³/mol. The van der Waals surface area contributed by atoms with Crippen LogP contribution in [-0.2, 0) is 13.0 Å². The molecule has 1 amide bonds. The first-order chi connectivity index (χ1) is 11.1. The summed E-state index contributed by atoms with van der Waals surface area (Å²) in [5.41, 5.74) is 2.74. The summed E-state index contributed by atoms with van der Waals surface area (Å²) < 4.78 is 14.6. The van der Waals surface area contributed by atoms with E-state index < -0.39 is 0 Å². The second-order valence-electron chi connectivity index (χ2n) is 5.16. The van der Waals surface area contributed by atoms with Crippen molar-refractivity contribution in [2.75, 3.05) is 0 Å². The van der Waals surface area contributed by atoms with Gasteiger partial charge in [0.2, 0.25) is 0 Å². The molecule has 6 heteroatoms. The number of nitrogens with zero attached hydrogens (tertiary/aromatic N) is 2. The maximum atomic E-state index is 12.9. The van der Waals surface area contributed by atoms with Crippen LogP contribution in [0.2, 0.25) is 5.02 Å². The van der Waals surface area contributed by atoms with E-state index in [1.54, 1.807) is 35.0 Å². The number of aromatic nitrogens is 2. The smallest absolute Gasteiger partial charge is 0.255 e. The zero-order chi connectivity index (χ0) is 16.4. The van der Waals surface area contributed by atoms with Crippen LogP contribution in [0.3, 0.4) is 0 Å². The Morgan fingerprint density at radius 3 is 2.74 bits per heavy atom. The Morgan fingerprint density at radius 2 is 2.04 bits per heavy atom. The minimum atomic E-state index is -0.300.